The average molecular weight is 333 g/mol. The highest BCUT2D eigenvalue weighted by molar-refractivity contribution is 5.75. The van der Waals surface area contributed by atoms with Gasteiger partial charge in [0, 0.05) is 43.9 Å². The van der Waals surface area contributed by atoms with Gasteiger partial charge in [0.25, 0.3) is 0 Å². The van der Waals surface area contributed by atoms with E-state index < -0.39 is 0 Å². The van der Waals surface area contributed by atoms with E-state index in [0.29, 0.717) is 24.4 Å². The van der Waals surface area contributed by atoms with Gasteiger partial charge in [-0.3, -0.25) is 0 Å². The standard InChI is InChI=1S/C18H27N3O3/c1-13(2)24-17-6-3-14(9-19-17)10-20-18(22)21(16-4-5-16)11-15-7-8-23-12-15/h3,6,9,13,15-16H,4-5,7-8,10-12H2,1-2H3,(H,20,22). The molecule has 1 aromatic heterocycles. The summed E-state index contributed by atoms with van der Waals surface area (Å²) < 4.78 is 11.0. The summed E-state index contributed by atoms with van der Waals surface area (Å²) in [5.74, 6) is 1.09. The van der Waals surface area contributed by atoms with Crippen molar-refractivity contribution >= 4 is 6.03 Å². The summed E-state index contributed by atoms with van der Waals surface area (Å²) in [5.41, 5.74) is 0.972. The zero-order valence-electron chi connectivity index (χ0n) is 14.5. The molecule has 1 aliphatic carbocycles. The Morgan fingerprint density at radius 3 is 2.83 bits per heavy atom. The average Bonchev–Trinajstić information content (AvgIpc) is 3.27. The highest BCUT2D eigenvalue weighted by Crippen LogP contribution is 2.29. The molecule has 3 rings (SSSR count). The van der Waals surface area contributed by atoms with Crippen LogP contribution in [0.1, 0.15) is 38.7 Å². The van der Waals surface area contributed by atoms with Crippen molar-refractivity contribution in [1.82, 2.24) is 15.2 Å². The van der Waals surface area contributed by atoms with E-state index in [1.165, 1.54) is 0 Å². The maximum absolute atomic E-state index is 12.5. The molecule has 1 aliphatic heterocycles. The molecular weight excluding hydrogens is 306 g/mol. The first-order chi connectivity index (χ1) is 11.6. The number of hydrogen-bond acceptors (Lipinski definition) is 4. The molecule has 0 radical (unpaired) electrons. The van der Waals surface area contributed by atoms with Gasteiger partial charge in [-0.15, -0.1) is 0 Å². The summed E-state index contributed by atoms with van der Waals surface area (Å²) >= 11 is 0. The van der Waals surface area contributed by atoms with Gasteiger partial charge < -0.3 is 19.7 Å². The van der Waals surface area contributed by atoms with Crippen molar-refractivity contribution in [2.24, 2.45) is 5.92 Å². The van der Waals surface area contributed by atoms with Crippen molar-refractivity contribution in [3.05, 3.63) is 23.9 Å². The number of amides is 2. The van der Waals surface area contributed by atoms with Crippen molar-refractivity contribution in [2.75, 3.05) is 19.8 Å². The lowest BCUT2D eigenvalue weighted by atomic mass is 10.1. The molecule has 1 atom stereocenters. The van der Waals surface area contributed by atoms with E-state index in [0.717, 1.165) is 44.6 Å². The first kappa shape index (κ1) is 17.0. The monoisotopic (exact) mass is 333 g/mol. The lowest BCUT2D eigenvalue weighted by molar-refractivity contribution is 0.162. The summed E-state index contributed by atoms with van der Waals surface area (Å²) in [7, 11) is 0. The Balaban J connectivity index is 1.49. The van der Waals surface area contributed by atoms with Crippen LogP contribution in [0.5, 0.6) is 5.88 Å². The minimum absolute atomic E-state index is 0.0203. The van der Waals surface area contributed by atoms with Crippen LogP contribution < -0.4 is 10.1 Å². The second-order valence-electron chi connectivity index (χ2n) is 6.94. The van der Waals surface area contributed by atoms with Gasteiger partial charge in [0.1, 0.15) is 0 Å². The predicted molar refractivity (Wildman–Crippen MR) is 90.9 cm³/mol. The third-order valence-corrected chi connectivity index (χ3v) is 4.33. The van der Waals surface area contributed by atoms with Gasteiger partial charge in [0.2, 0.25) is 5.88 Å². The molecule has 2 amide bonds. The molecule has 1 unspecified atom stereocenters. The van der Waals surface area contributed by atoms with Gasteiger partial charge in [-0.05, 0) is 38.7 Å². The van der Waals surface area contributed by atoms with Crippen LogP contribution in [0.3, 0.4) is 0 Å². The highest BCUT2D eigenvalue weighted by Gasteiger charge is 2.34. The lowest BCUT2D eigenvalue weighted by Crippen LogP contribution is -2.43. The Hall–Kier alpha value is -1.82. The molecule has 1 aromatic rings. The molecule has 6 nitrogen and oxygen atoms in total. The fraction of sp³-hybridized carbons (Fsp3) is 0.667. The second-order valence-corrected chi connectivity index (χ2v) is 6.94. The van der Waals surface area contributed by atoms with Gasteiger partial charge in [-0.25, -0.2) is 9.78 Å². The van der Waals surface area contributed by atoms with Crippen LogP contribution in [0.4, 0.5) is 4.79 Å². The van der Waals surface area contributed by atoms with E-state index in [2.05, 4.69) is 10.3 Å². The number of ether oxygens (including phenoxy) is 2. The molecule has 1 saturated carbocycles. The molecule has 0 bridgehead atoms. The van der Waals surface area contributed by atoms with Crippen molar-refractivity contribution in [2.45, 2.75) is 51.8 Å². The lowest BCUT2D eigenvalue weighted by Gasteiger charge is -2.25. The topological polar surface area (TPSA) is 63.7 Å². The van der Waals surface area contributed by atoms with Gasteiger partial charge >= 0.3 is 6.03 Å². The molecule has 0 aromatic carbocycles. The molecule has 6 heteroatoms. The largest absolute Gasteiger partial charge is 0.475 e. The summed E-state index contributed by atoms with van der Waals surface area (Å²) in [5, 5.41) is 3.02. The molecule has 0 spiro atoms. The molecular formula is C18H27N3O3. The molecule has 2 fully saturated rings. The number of rotatable bonds is 7. The van der Waals surface area contributed by atoms with Crippen molar-refractivity contribution < 1.29 is 14.3 Å². The third kappa shape index (κ3) is 4.84. The third-order valence-electron chi connectivity index (χ3n) is 4.33. The predicted octanol–water partition coefficient (Wildman–Crippen LogP) is 2.58. The fourth-order valence-electron chi connectivity index (χ4n) is 2.90. The Bertz CT molecular complexity index is 537. The zero-order valence-corrected chi connectivity index (χ0v) is 14.5. The van der Waals surface area contributed by atoms with Crippen LogP contribution >= 0.6 is 0 Å². The molecule has 2 aliphatic rings. The Kier molecular flexibility index (Phi) is 5.56. The zero-order chi connectivity index (χ0) is 16.9. The van der Waals surface area contributed by atoms with Crippen LogP contribution in [0.15, 0.2) is 18.3 Å². The molecule has 1 N–H and O–H groups in total. The molecule has 1 saturated heterocycles. The number of aromatic nitrogens is 1. The quantitative estimate of drug-likeness (QED) is 0.833. The van der Waals surface area contributed by atoms with E-state index in [1.807, 2.05) is 30.9 Å². The minimum Gasteiger partial charge on any atom is -0.475 e. The smallest absolute Gasteiger partial charge is 0.317 e. The molecule has 2 heterocycles. The van der Waals surface area contributed by atoms with Crippen LogP contribution in [-0.2, 0) is 11.3 Å². The van der Waals surface area contributed by atoms with E-state index in [4.69, 9.17) is 9.47 Å². The normalized spacial score (nSPS) is 20.2. The van der Waals surface area contributed by atoms with Gasteiger partial charge in [0.15, 0.2) is 0 Å². The number of urea groups is 1. The van der Waals surface area contributed by atoms with Crippen molar-refractivity contribution in [3.63, 3.8) is 0 Å². The van der Waals surface area contributed by atoms with Crippen molar-refractivity contribution in [1.29, 1.82) is 0 Å². The van der Waals surface area contributed by atoms with Gasteiger partial charge in [-0.1, -0.05) is 6.07 Å². The number of nitrogens with zero attached hydrogens (tertiary/aromatic N) is 2. The Morgan fingerprint density at radius 2 is 2.25 bits per heavy atom. The molecule has 24 heavy (non-hydrogen) atoms. The fourth-order valence-corrected chi connectivity index (χ4v) is 2.90. The van der Waals surface area contributed by atoms with Gasteiger partial charge in [-0.2, -0.15) is 0 Å². The van der Waals surface area contributed by atoms with Gasteiger partial charge in [0.05, 0.1) is 12.7 Å². The minimum atomic E-state index is 0.0203. The number of carbonyl (C=O) groups excluding carboxylic acids is 1. The van der Waals surface area contributed by atoms with E-state index >= 15 is 0 Å². The number of hydrogen-bond donors (Lipinski definition) is 1. The van der Waals surface area contributed by atoms with E-state index in [9.17, 15) is 4.79 Å². The maximum Gasteiger partial charge on any atom is 0.317 e. The molecule has 132 valence electrons. The van der Waals surface area contributed by atoms with E-state index in [-0.39, 0.29) is 12.1 Å². The van der Waals surface area contributed by atoms with Crippen LogP contribution in [0.25, 0.3) is 0 Å². The summed E-state index contributed by atoms with van der Waals surface area (Å²) in [6.07, 6.45) is 5.14. The van der Waals surface area contributed by atoms with Crippen LogP contribution in [0, 0.1) is 5.92 Å². The summed E-state index contributed by atoms with van der Waals surface area (Å²) in [4.78, 5) is 18.8. The Morgan fingerprint density at radius 1 is 1.42 bits per heavy atom. The highest BCUT2D eigenvalue weighted by atomic mass is 16.5. The van der Waals surface area contributed by atoms with Crippen LogP contribution in [0.2, 0.25) is 0 Å². The number of carbonyl (C=O) groups is 1. The Labute approximate surface area is 143 Å². The summed E-state index contributed by atoms with van der Waals surface area (Å²) in [6.45, 7) is 6.82. The number of pyridine rings is 1. The maximum atomic E-state index is 12.5. The summed E-state index contributed by atoms with van der Waals surface area (Å²) in [6, 6.07) is 4.21. The van der Waals surface area contributed by atoms with Crippen molar-refractivity contribution in [3.8, 4) is 5.88 Å². The van der Waals surface area contributed by atoms with E-state index in [1.54, 1.807) is 6.20 Å². The number of nitrogens with one attached hydrogen (secondary N) is 1. The SMILES string of the molecule is CC(C)Oc1ccc(CNC(=O)N(CC2CCOC2)C2CC2)cn1. The first-order valence-corrected chi connectivity index (χ1v) is 8.85. The first-order valence-electron chi connectivity index (χ1n) is 8.85. The van der Waals surface area contributed by atoms with Crippen LogP contribution in [-0.4, -0.2) is 47.8 Å². The second kappa shape index (κ2) is 7.83.